The second kappa shape index (κ2) is 7.41. The standard InChI is InChI=1S/C17H28N6O2/c1-12-9-13(2)11-22(10-12)16-14(23(24)25)15(18)19-17(20-16)21-7-5-3-4-6-8-21/h12-13H,3-11H2,1-2H3,(H2,18,19,20)/t12-,13+. The maximum Gasteiger partial charge on any atom is 0.353 e. The van der Waals surface area contributed by atoms with Gasteiger partial charge in [0, 0.05) is 26.2 Å². The summed E-state index contributed by atoms with van der Waals surface area (Å²) < 4.78 is 0. The average molecular weight is 348 g/mol. The van der Waals surface area contributed by atoms with E-state index in [1.54, 1.807) is 0 Å². The molecule has 0 spiro atoms. The van der Waals surface area contributed by atoms with Gasteiger partial charge in [-0.25, -0.2) is 0 Å². The van der Waals surface area contributed by atoms with Gasteiger partial charge >= 0.3 is 5.69 Å². The molecule has 0 radical (unpaired) electrons. The maximum atomic E-state index is 11.6. The van der Waals surface area contributed by atoms with Crippen LogP contribution in [0.3, 0.4) is 0 Å². The molecule has 2 atom stereocenters. The highest BCUT2D eigenvalue weighted by molar-refractivity contribution is 5.71. The Morgan fingerprint density at radius 3 is 2.20 bits per heavy atom. The lowest BCUT2D eigenvalue weighted by molar-refractivity contribution is -0.383. The van der Waals surface area contributed by atoms with Crippen LogP contribution in [0.25, 0.3) is 0 Å². The van der Waals surface area contributed by atoms with E-state index in [2.05, 4.69) is 28.7 Å². The molecule has 0 aromatic carbocycles. The molecule has 1 aromatic rings. The van der Waals surface area contributed by atoms with Crippen LogP contribution in [-0.2, 0) is 0 Å². The molecule has 1 aromatic heterocycles. The smallest absolute Gasteiger partial charge is 0.353 e. The van der Waals surface area contributed by atoms with Crippen LogP contribution in [0.1, 0.15) is 46.0 Å². The topological polar surface area (TPSA) is 101 Å². The molecule has 25 heavy (non-hydrogen) atoms. The first-order valence-electron chi connectivity index (χ1n) is 9.27. The van der Waals surface area contributed by atoms with Gasteiger partial charge in [-0.2, -0.15) is 9.97 Å². The number of nitrogen functional groups attached to an aromatic ring is 1. The summed E-state index contributed by atoms with van der Waals surface area (Å²) in [7, 11) is 0. The molecule has 2 aliphatic heterocycles. The van der Waals surface area contributed by atoms with Gasteiger partial charge in [0.05, 0.1) is 4.92 Å². The van der Waals surface area contributed by atoms with Crippen molar-refractivity contribution in [1.29, 1.82) is 0 Å². The third kappa shape index (κ3) is 3.93. The highest BCUT2D eigenvalue weighted by atomic mass is 16.6. The lowest BCUT2D eigenvalue weighted by atomic mass is 9.92. The summed E-state index contributed by atoms with van der Waals surface area (Å²) in [4.78, 5) is 24.2. The molecule has 8 nitrogen and oxygen atoms in total. The van der Waals surface area contributed by atoms with Gasteiger partial charge in [-0.15, -0.1) is 0 Å². The van der Waals surface area contributed by atoms with Gasteiger partial charge in [-0.05, 0) is 31.1 Å². The Balaban J connectivity index is 1.99. The second-order valence-electron chi connectivity index (χ2n) is 7.59. The number of nitrogens with zero attached hydrogens (tertiary/aromatic N) is 5. The molecule has 0 bridgehead atoms. The Morgan fingerprint density at radius 2 is 1.64 bits per heavy atom. The summed E-state index contributed by atoms with van der Waals surface area (Å²) in [6.45, 7) is 7.64. The highest BCUT2D eigenvalue weighted by Crippen LogP contribution is 2.36. The number of hydrogen-bond acceptors (Lipinski definition) is 7. The SMILES string of the molecule is C[C@@H]1C[C@H](C)CN(c2nc(N3CCCCCC3)nc(N)c2[N+](=O)[O-])C1. The quantitative estimate of drug-likeness (QED) is 0.662. The van der Waals surface area contributed by atoms with Crippen molar-refractivity contribution in [3.8, 4) is 0 Å². The van der Waals surface area contributed by atoms with E-state index in [-0.39, 0.29) is 11.5 Å². The van der Waals surface area contributed by atoms with Crippen LogP contribution >= 0.6 is 0 Å². The first-order chi connectivity index (χ1) is 12.0. The van der Waals surface area contributed by atoms with Crippen LogP contribution in [0.5, 0.6) is 0 Å². The van der Waals surface area contributed by atoms with Crippen molar-refractivity contribution < 1.29 is 4.92 Å². The van der Waals surface area contributed by atoms with E-state index >= 15 is 0 Å². The molecule has 2 fully saturated rings. The van der Waals surface area contributed by atoms with Crippen LogP contribution in [0.15, 0.2) is 0 Å². The van der Waals surface area contributed by atoms with Crippen molar-refractivity contribution in [1.82, 2.24) is 9.97 Å². The summed E-state index contributed by atoms with van der Waals surface area (Å²) in [5, 5.41) is 11.6. The number of hydrogen-bond donors (Lipinski definition) is 1. The van der Waals surface area contributed by atoms with Gasteiger partial charge in [0.15, 0.2) is 0 Å². The van der Waals surface area contributed by atoms with E-state index < -0.39 is 4.92 Å². The fourth-order valence-electron chi connectivity index (χ4n) is 4.09. The molecule has 0 unspecified atom stereocenters. The minimum absolute atomic E-state index is 0.0277. The average Bonchev–Trinajstić information content (AvgIpc) is 2.82. The molecule has 0 saturated carbocycles. The normalized spacial score (nSPS) is 24.9. The molecule has 0 amide bonds. The number of nitro groups is 1. The molecule has 0 aliphatic carbocycles. The monoisotopic (exact) mass is 348 g/mol. The first-order valence-corrected chi connectivity index (χ1v) is 9.27. The third-order valence-electron chi connectivity index (χ3n) is 5.12. The van der Waals surface area contributed by atoms with Crippen molar-refractivity contribution in [3.63, 3.8) is 0 Å². The zero-order valence-electron chi connectivity index (χ0n) is 15.1. The number of rotatable bonds is 3. The van der Waals surface area contributed by atoms with E-state index in [9.17, 15) is 10.1 Å². The Morgan fingerprint density at radius 1 is 1.04 bits per heavy atom. The molecule has 2 saturated heterocycles. The van der Waals surface area contributed by atoms with Gasteiger partial charge in [-0.1, -0.05) is 26.7 Å². The van der Waals surface area contributed by atoms with Crippen molar-refractivity contribution in [2.45, 2.75) is 46.0 Å². The predicted octanol–water partition coefficient (Wildman–Crippen LogP) is 2.83. The van der Waals surface area contributed by atoms with Gasteiger partial charge in [-0.3, -0.25) is 10.1 Å². The van der Waals surface area contributed by atoms with Gasteiger partial charge < -0.3 is 15.5 Å². The van der Waals surface area contributed by atoms with Crippen LogP contribution in [0, 0.1) is 22.0 Å². The molecular formula is C17H28N6O2. The van der Waals surface area contributed by atoms with Crippen molar-refractivity contribution in [2.24, 2.45) is 11.8 Å². The van der Waals surface area contributed by atoms with Crippen molar-refractivity contribution >= 4 is 23.3 Å². The number of nitrogens with two attached hydrogens (primary N) is 1. The van der Waals surface area contributed by atoms with Crippen LogP contribution in [-0.4, -0.2) is 41.1 Å². The zero-order valence-corrected chi connectivity index (χ0v) is 15.1. The van der Waals surface area contributed by atoms with E-state index in [0.29, 0.717) is 23.6 Å². The third-order valence-corrected chi connectivity index (χ3v) is 5.12. The zero-order chi connectivity index (χ0) is 18.0. The molecule has 8 heteroatoms. The van der Waals surface area contributed by atoms with Gasteiger partial charge in [0.1, 0.15) is 0 Å². The predicted molar refractivity (Wildman–Crippen MR) is 98.9 cm³/mol. The van der Waals surface area contributed by atoms with E-state index in [1.165, 1.54) is 12.8 Å². The Bertz CT molecular complexity index is 620. The van der Waals surface area contributed by atoms with E-state index in [0.717, 1.165) is 45.4 Å². The van der Waals surface area contributed by atoms with E-state index in [1.807, 2.05) is 4.90 Å². The van der Waals surface area contributed by atoms with Crippen molar-refractivity contribution in [3.05, 3.63) is 10.1 Å². The fourth-order valence-corrected chi connectivity index (χ4v) is 4.09. The summed E-state index contributed by atoms with van der Waals surface area (Å²) in [6, 6.07) is 0. The number of piperidine rings is 1. The van der Waals surface area contributed by atoms with Crippen molar-refractivity contribution in [2.75, 3.05) is 41.7 Å². The number of anilines is 3. The molecule has 138 valence electrons. The second-order valence-corrected chi connectivity index (χ2v) is 7.59. The summed E-state index contributed by atoms with van der Waals surface area (Å²) in [5.74, 6) is 1.84. The molecule has 3 rings (SSSR count). The summed E-state index contributed by atoms with van der Waals surface area (Å²) in [6.07, 6.45) is 5.71. The van der Waals surface area contributed by atoms with Gasteiger partial charge in [0.25, 0.3) is 0 Å². The summed E-state index contributed by atoms with van der Waals surface area (Å²) >= 11 is 0. The highest BCUT2D eigenvalue weighted by Gasteiger charge is 2.32. The minimum Gasteiger partial charge on any atom is -0.378 e. The minimum atomic E-state index is -0.444. The number of aromatic nitrogens is 2. The lowest BCUT2D eigenvalue weighted by Gasteiger charge is -2.35. The maximum absolute atomic E-state index is 11.6. The van der Waals surface area contributed by atoms with Gasteiger partial charge in [0.2, 0.25) is 17.6 Å². The van der Waals surface area contributed by atoms with Crippen LogP contribution in [0.4, 0.5) is 23.3 Å². The van der Waals surface area contributed by atoms with Crippen LogP contribution < -0.4 is 15.5 Å². The Kier molecular flexibility index (Phi) is 5.24. The Hall–Kier alpha value is -2.12. The molecular weight excluding hydrogens is 320 g/mol. The largest absolute Gasteiger partial charge is 0.378 e. The Labute approximate surface area is 148 Å². The molecule has 2 aliphatic rings. The van der Waals surface area contributed by atoms with Crippen LogP contribution in [0.2, 0.25) is 0 Å². The lowest BCUT2D eigenvalue weighted by Crippen LogP contribution is -2.40. The molecule has 2 N–H and O–H groups in total. The molecule has 3 heterocycles. The summed E-state index contributed by atoms with van der Waals surface area (Å²) in [5.41, 5.74) is 5.85. The first kappa shape index (κ1) is 17.7. The van der Waals surface area contributed by atoms with E-state index in [4.69, 9.17) is 5.73 Å². The fraction of sp³-hybridized carbons (Fsp3) is 0.765.